The number of carbonyl (C=O) groups is 2. The summed E-state index contributed by atoms with van der Waals surface area (Å²) in [6.07, 6.45) is 2.19. The van der Waals surface area contributed by atoms with Gasteiger partial charge in [-0.1, -0.05) is 18.2 Å². The third-order valence-electron chi connectivity index (χ3n) is 4.06. The maximum atomic E-state index is 12.5. The van der Waals surface area contributed by atoms with E-state index in [1.807, 2.05) is 6.92 Å². The molecule has 9 nitrogen and oxygen atoms in total. The molecule has 0 spiro atoms. The van der Waals surface area contributed by atoms with Crippen LogP contribution in [0.4, 0.5) is 5.69 Å². The van der Waals surface area contributed by atoms with E-state index in [1.165, 1.54) is 25.3 Å². The maximum Gasteiger partial charge on any atom is 0.336 e. The number of sulfonamides is 1. The molecule has 0 saturated heterocycles. The molecule has 0 fully saturated rings. The Bertz CT molecular complexity index is 1030. The largest absolute Gasteiger partial charge is 0.494 e. The molecule has 2 rings (SSSR count). The molecule has 0 radical (unpaired) electrons. The second-order valence-electron chi connectivity index (χ2n) is 6.29. The lowest BCUT2D eigenvalue weighted by atomic mass is 10.1. The highest BCUT2D eigenvalue weighted by Gasteiger charge is 2.29. The number of benzene rings is 2. The van der Waals surface area contributed by atoms with Crippen LogP contribution in [-0.4, -0.2) is 50.5 Å². The fourth-order valence-corrected chi connectivity index (χ4v) is 3.90. The van der Waals surface area contributed by atoms with Crippen molar-refractivity contribution in [1.82, 2.24) is 5.43 Å². The molecule has 10 heteroatoms. The summed E-state index contributed by atoms with van der Waals surface area (Å²) in [4.78, 5) is 23.7. The van der Waals surface area contributed by atoms with E-state index in [0.29, 0.717) is 23.6 Å². The summed E-state index contributed by atoms with van der Waals surface area (Å²) in [6.45, 7) is 3.73. The lowest BCUT2D eigenvalue weighted by Gasteiger charge is -2.27. The number of hydrogen-bond donors (Lipinski definition) is 2. The maximum absolute atomic E-state index is 12.5. The summed E-state index contributed by atoms with van der Waals surface area (Å²) in [5.74, 6) is -1.23. The van der Waals surface area contributed by atoms with Gasteiger partial charge in [0.15, 0.2) is 0 Å². The van der Waals surface area contributed by atoms with Crippen LogP contribution in [0.25, 0.3) is 0 Å². The van der Waals surface area contributed by atoms with Gasteiger partial charge >= 0.3 is 5.97 Å². The van der Waals surface area contributed by atoms with Crippen LogP contribution in [0.2, 0.25) is 0 Å². The zero-order valence-corrected chi connectivity index (χ0v) is 17.6. The number of hydrogen-bond acceptors (Lipinski definition) is 6. The SMILES string of the molecule is CCOc1ccc(N([C@@H](C)C(=O)N/N=C\c2ccccc2C(=O)O)S(C)(=O)=O)cc1. The summed E-state index contributed by atoms with van der Waals surface area (Å²) < 4.78 is 30.9. The number of anilines is 1. The van der Waals surface area contributed by atoms with Crippen LogP contribution in [0.5, 0.6) is 5.75 Å². The molecule has 0 heterocycles. The fraction of sp³-hybridized carbons (Fsp3) is 0.250. The molecule has 0 bridgehead atoms. The van der Waals surface area contributed by atoms with E-state index in [-0.39, 0.29) is 5.56 Å². The van der Waals surface area contributed by atoms with Crippen molar-refractivity contribution >= 4 is 33.8 Å². The lowest BCUT2D eigenvalue weighted by molar-refractivity contribution is -0.121. The molecule has 30 heavy (non-hydrogen) atoms. The Morgan fingerprint density at radius 1 is 1.20 bits per heavy atom. The van der Waals surface area contributed by atoms with Gasteiger partial charge in [0, 0.05) is 5.56 Å². The first-order chi connectivity index (χ1) is 14.1. The molecule has 0 aromatic heterocycles. The van der Waals surface area contributed by atoms with Crippen LogP contribution in [-0.2, 0) is 14.8 Å². The number of amides is 1. The van der Waals surface area contributed by atoms with Crippen molar-refractivity contribution in [3.8, 4) is 5.75 Å². The normalized spacial score (nSPS) is 12.4. The van der Waals surface area contributed by atoms with E-state index in [9.17, 15) is 23.1 Å². The fourth-order valence-electron chi connectivity index (χ4n) is 2.73. The summed E-state index contributed by atoms with van der Waals surface area (Å²) in [7, 11) is -3.78. The van der Waals surface area contributed by atoms with Crippen LogP contribution < -0.4 is 14.5 Å². The van der Waals surface area contributed by atoms with Gasteiger partial charge in [0.2, 0.25) is 10.0 Å². The topological polar surface area (TPSA) is 125 Å². The molecule has 0 aliphatic carbocycles. The summed E-state index contributed by atoms with van der Waals surface area (Å²) in [5.41, 5.74) is 2.87. The molecule has 2 N–H and O–H groups in total. The van der Waals surface area contributed by atoms with Crippen LogP contribution in [0.1, 0.15) is 29.8 Å². The predicted octanol–water partition coefficient (Wildman–Crippen LogP) is 2.09. The Balaban J connectivity index is 2.19. The molecular weight excluding hydrogens is 410 g/mol. The smallest absolute Gasteiger partial charge is 0.336 e. The Morgan fingerprint density at radius 2 is 1.83 bits per heavy atom. The van der Waals surface area contributed by atoms with Gasteiger partial charge in [-0.25, -0.2) is 18.6 Å². The van der Waals surface area contributed by atoms with Crippen molar-refractivity contribution in [3.05, 3.63) is 59.7 Å². The Hall–Kier alpha value is -3.40. The number of carboxylic acids is 1. The average molecular weight is 433 g/mol. The molecule has 160 valence electrons. The van der Waals surface area contributed by atoms with Crippen molar-refractivity contribution < 1.29 is 27.9 Å². The van der Waals surface area contributed by atoms with Crippen LogP contribution in [0.15, 0.2) is 53.6 Å². The van der Waals surface area contributed by atoms with Gasteiger partial charge in [0.25, 0.3) is 5.91 Å². The van der Waals surface area contributed by atoms with Gasteiger partial charge in [0.1, 0.15) is 11.8 Å². The minimum atomic E-state index is -3.78. The van der Waals surface area contributed by atoms with E-state index in [2.05, 4.69) is 10.5 Å². The number of carboxylic acid groups (broad SMARTS) is 1. The molecule has 0 saturated carbocycles. The number of nitrogens with one attached hydrogen (secondary N) is 1. The van der Waals surface area contributed by atoms with Gasteiger partial charge in [0.05, 0.1) is 30.3 Å². The standard InChI is InChI=1S/C20H23N3O6S/c1-4-29-17-11-9-16(10-12-17)23(30(3,27)28)14(2)19(24)22-21-13-15-7-5-6-8-18(15)20(25)26/h5-14H,4H2,1-3H3,(H,22,24)(H,25,26)/b21-13-/t14-/m0/s1. The minimum Gasteiger partial charge on any atom is -0.494 e. The van der Waals surface area contributed by atoms with E-state index in [0.717, 1.165) is 10.6 Å². The molecular formula is C20H23N3O6S. The number of ether oxygens (including phenoxy) is 1. The van der Waals surface area contributed by atoms with Crippen molar-refractivity contribution in [2.24, 2.45) is 5.10 Å². The van der Waals surface area contributed by atoms with E-state index in [4.69, 9.17) is 4.74 Å². The van der Waals surface area contributed by atoms with Crippen molar-refractivity contribution in [3.63, 3.8) is 0 Å². The van der Waals surface area contributed by atoms with Crippen LogP contribution >= 0.6 is 0 Å². The van der Waals surface area contributed by atoms with Gasteiger partial charge in [-0.05, 0) is 44.2 Å². The van der Waals surface area contributed by atoms with Crippen LogP contribution in [0.3, 0.4) is 0 Å². The minimum absolute atomic E-state index is 0.0238. The average Bonchev–Trinajstić information content (AvgIpc) is 2.68. The number of hydrazone groups is 1. The van der Waals surface area contributed by atoms with E-state index < -0.39 is 27.9 Å². The third-order valence-corrected chi connectivity index (χ3v) is 5.30. The highest BCUT2D eigenvalue weighted by atomic mass is 32.2. The van der Waals surface area contributed by atoms with Crippen molar-refractivity contribution in [1.29, 1.82) is 0 Å². The zero-order valence-electron chi connectivity index (χ0n) is 16.8. The molecule has 0 aliphatic heterocycles. The Labute approximate surface area is 175 Å². The molecule has 0 aliphatic rings. The third kappa shape index (κ3) is 5.80. The Kier molecular flexibility index (Phi) is 7.54. The van der Waals surface area contributed by atoms with Crippen LogP contribution in [0, 0.1) is 0 Å². The van der Waals surface area contributed by atoms with Gasteiger partial charge in [-0.15, -0.1) is 0 Å². The van der Waals surface area contributed by atoms with E-state index in [1.54, 1.807) is 36.4 Å². The number of aromatic carboxylic acids is 1. The Morgan fingerprint density at radius 3 is 2.40 bits per heavy atom. The number of nitrogens with zero attached hydrogens (tertiary/aromatic N) is 2. The molecule has 2 aromatic carbocycles. The second kappa shape index (κ2) is 9.88. The predicted molar refractivity (Wildman–Crippen MR) is 114 cm³/mol. The number of carbonyl (C=O) groups excluding carboxylic acids is 1. The highest BCUT2D eigenvalue weighted by molar-refractivity contribution is 7.92. The van der Waals surface area contributed by atoms with Gasteiger partial charge in [-0.3, -0.25) is 9.10 Å². The van der Waals surface area contributed by atoms with Crippen molar-refractivity contribution in [2.45, 2.75) is 19.9 Å². The molecule has 1 amide bonds. The summed E-state index contributed by atoms with van der Waals surface area (Å²) in [6, 6.07) is 11.4. The first-order valence-corrected chi connectivity index (χ1v) is 10.9. The van der Waals surface area contributed by atoms with Gasteiger partial charge < -0.3 is 9.84 Å². The molecule has 0 unspecified atom stereocenters. The van der Waals surface area contributed by atoms with E-state index >= 15 is 0 Å². The monoisotopic (exact) mass is 433 g/mol. The molecule has 1 atom stereocenters. The van der Waals surface area contributed by atoms with Crippen molar-refractivity contribution in [2.75, 3.05) is 17.2 Å². The first-order valence-electron chi connectivity index (χ1n) is 9.02. The molecule has 2 aromatic rings. The summed E-state index contributed by atoms with van der Waals surface area (Å²) in [5, 5.41) is 12.9. The zero-order chi connectivity index (χ0) is 22.3. The first kappa shape index (κ1) is 22.9. The number of rotatable bonds is 9. The second-order valence-corrected chi connectivity index (χ2v) is 8.15. The summed E-state index contributed by atoms with van der Waals surface area (Å²) >= 11 is 0. The highest BCUT2D eigenvalue weighted by Crippen LogP contribution is 2.24. The lowest BCUT2D eigenvalue weighted by Crippen LogP contribution is -2.46. The van der Waals surface area contributed by atoms with Gasteiger partial charge in [-0.2, -0.15) is 5.10 Å². The quantitative estimate of drug-likeness (QED) is 0.461.